The first-order valence-electron chi connectivity index (χ1n) is 6.45. The van der Waals surface area contributed by atoms with Gasteiger partial charge in [-0.25, -0.2) is 5.84 Å². The van der Waals surface area contributed by atoms with Crippen molar-refractivity contribution in [3.63, 3.8) is 0 Å². The second-order valence-corrected chi connectivity index (χ2v) is 6.81. The lowest BCUT2D eigenvalue weighted by Gasteiger charge is -2.19. The second kappa shape index (κ2) is 6.66. The first-order valence-corrected chi connectivity index (χ1v) is 8.23. The van der Waals surface area contributed by atoms with E-state index in [1.54, 1.807) is 5.01 Å². The van der Waals surface area contributed by atoms with Crippen molar-refractivity contribution in [2.45, 2.75) is 24.5 Å². The van der Waals surface area contributed by atoms with Crippen molar-refractivity contribution < 1.29 is 0 Å². The van der Waals surface area contributed by atoms with Crippen molar-refractivity contribution >= 4 is 33.4 Å². The van der Waals surface area contributed by atoms with Gasteiger partial charge in [-0.05, 0) is 54.8 Å². The summed E-state index contributed by atoms with van der Waals surface area (Å²) < 4.78 is 1.12. The third-order valence-corrected chi connectivity index (χ3v) is 4.97. The summed E-state index contributed by atoms with van der Waals surface area (Å²) in [5.74, 6) is 6.84. The van der Waals surface area contributed by atoms with E-state index in [4.69, 9.17) is 5.84 Å². The Morgan fingerprint density at radius 1 is 1.15 bits per heavy atom. The minimum Gasteiger partial charge on any atom is -0.314 e. The minimum absolute atomic E-state index is 0.923. The second-order valence-electron chi connectivity index (χ2n) is 4.88. The van der Waals surface area contributed by atoms with E-state index < -0.39 is 0 Å². The molecule has 20 heavy (non-hydrogen) atoms. The fourth-order valence-electron chi connectivity index (χ4n) is 2.13. The zero-order valence-electron chi connectivity index (χ0n) is 12.0. The molecule has 2 aromatic carbocycles. The normalized spacial score (nSPS) is 10.7. The van der Waals surface area contributed by atoms with Crippen LogP contribution in [-0.4, -0.2) is 7.05 Å². The van der Waals surface area contributed by atoms with Crippen LogP contribution in [0.5, 0.6) is 0 Å². The van der Waals surface area contributed by atoms with Crippen molar-refractivity contribution in [2.24, 2.45) is 5.84 Å². The molecule has 0 unspecified atom stereocenters. The molecule has 0 saturated carbocycles. The third kappa shape index (κ3) is 3.57. The fraction of sp³-hybridized carbons (Fsp3) is 0.250. The molecule has 2 aromatic rings. The molecule has 0 atom stereocenters. The standard InChI is InChI=1S/C16H19BrN2S/c1-11-5-4-6-15(19(3)18)14(11)10-20-16-8-7-13(17)9-12(16)2/h4-9H,10,18H2,1-3H3. The van der Waals surface area contributed by atoms with E-state index in [1.807, 2.05) is 24.9 Å². The molecule has 2 nitrogen and oxygen atoms in total. The first kappa shape index (κ1) is 15.4. The molecule has 2 rings (SSSR count). The molecular formula is C16H19BrN2S. The quantitative estimate of drug-likeness (QED) is 0.493. The van der Waals surface area contributed by atoms with Crippen LogP contribution < -0.4 is 10.9 Å². The predicted octanol–water partition coefficient (Wildman–Crippen LogP) is 4.67. The summed E-state index contributed by atoms with van der Waals surface area (Å²) in [5, 5.41) is 1.69. The van der Waals surface area contributed by atoms with E-state index in [0.29, 0.717) is 0 Å². The van der Waals surface area contributed by atoms with Gasteiger partial charge in [0.1, 0.15) is 0 Å². The summed E-state index contributed by atoms with van der Waals surface area (Å²) in [6.45, 7) is 4.28. The van der Waals surface area contributed by atoms with Crippen molar-refractivity contribution in [1.82, 2.24) is 0 Å². The molecule has 0 aliphatic rings. The number of halogens is 1. The van der Waals surface area contributed by atoms with Gasteiger partial charge in [-0.3, -0.25) is 0 Å². The number of hydrazine groups is 1. The Morgan fingerprint density at radius 3 is 2.55 bits per heavy atom. The molecule has 0 fully saturated rings. The molecule has 0 spiro atoms. The zero-order chi connectivity index (χ0) is 14.7. The molecular weight excluding hydrogens is 332 g/mol. The first-order chi connectivity index (χ1) is 9.49. The average Bonchev–Trinajstić information content (AvgIpc) is 2.38. The Kier molecular flexibility index (Phi) is 5.13. The number of hydrogen-bond donors (Lipinski definition) is 1. The van der Waals surface area contributed by atoms with E-state index in [-0.39, 0.29) is 0 Å². The molecule has 0 radical (unpaired) electrons. The van der Waals surface area contributed by atoms with Gasteiger partial charge in [0.05, 0.1) is 5.69 Å². The third-order valence-electron chi connectivity index (χ3n) is 3.27. The van der Waals surface area contributed by atoms with Gasteiger partial charge in [-0.2, -0.15) is 0 Å². The number of benzene rings is 2. The van der Waals surface area contributed by atoms with Crippen LogP contribution in [0.1, 0.15) is 16.7 Å². The highest BCUT2D eigenvalue weighted by atomic mass is 79.9. The maximum Gasteiger partial charge on any atom is 0.0557 e. The van der Waals surface area contributed by atoms with Crippen molar-refractivity contribution in [1.29, 1.82) is 0 Å². The van der Waals surface area contributed by atoms with Crippen molar-refractivity contribution in [3.8, 4) is 0 Å². The molecule has 0 heterocycles. The van der Waals surface area contributed by atoms with Gasteiger partial charge in [0.15, 0.2) is 0 Å². The van der Waals surface area contributed by atoms with Gasteiger partial charge < -0.3 is 5.01 Å². The lowest BCUT2D eigenvalue weighted by Crippen LogP contribution is -2.26. The largest absolute Gasteiger partial charge is 0.314 e. The van der Waals surface area contributed by atoms with E-state index in [0.717, 1.165) is 15.9 Å². The summed E-state index contributed by atoms with van der Waals surface area (Å²) in [6, 6.07) is 12.6. The van der Waals surface area contributed by atoms with Crippen LogP contribution in [0.15, 0.2) is 45.8 Å². The minimum atomic E-state index is 0.923. The van der Waals surface area contributed by atoms with Gasteiger partial charge in [-0.15, -0.1) is 11.8 Å². The maximum atomic E-state index is 5.92. The molecule has 0 aliphatic carbocycles. The number of nitrogens with two attached hydrogens (primary N) is 1. The highest BCUT2D eigenvalue weighted by Gasteiger charge is 2.09. The Morgan fingerprint density at radius 2 is 1.90 bits per heavy atom. The summed E-state index contributed by atoms with van der Waals surface area (Å²) in [5.41, 5.74) is 4.96. The number of anilines is 1. The van der Waals surface area contributed by atoms with Crippen LogP contribution in [-0.2, 0) is 5.75 Å². The van der Waals surface area contributed by atoms with E-state index in [1.165, 1.54) is 21.6 Å². The van der Waals surface area contributed by atoms with Crippen LogP contribution in [0, 0.1) is 13.8 Å². The summed E-state index contributed by atoms with van der Waals surface area (Å²) in [6.07, 6.45) is 0. The van der Waals surface area contributed by atoms with Gasteiger partial charge >= 0.3 is 0 Å². The van der Waals surface area contributed by atoms with Gasteiger partial charge in [0, 0.05) is 22.2 Å². The van der Waals surface area contributed by atoms with Gasteiger partial charge in [-0.1, -0.05) is 28.1 Å². The highest BCUT2D eigenvalue weighted by Crippen LogP contribution is 2.32. The van der Waals surface area contributed by atoms with Crippen molar-refractivity contribution in [3.05, 3.63) is 57.6 Å². The Balaban J connectivity index is 2.23. The average molecular weight is 351 g/mol. The summed E-state index contributed by atoms with van der Waals surface area (Å²) in [4.78, 5) is 1.31. The topological polar surface area (TPSA) is 29.3 Å². The molecule has 0 bridgehead atoms. The Labute approximate surface area is 133 Å². The van der Waals surface area contributed by atoms with Crippen LogP contribution in [0.2, 0.25) is 0 Å². The summed E-state index contributed by atoms with van der Waals surface area (Å²) >= 11 is 5.35. The number of aryl methyl sites for hydroxylation is 2. The van der Waals surface area contributed by atoms with E-state index >= 15 is 0 Å². The molecule has 4 heteroatoms. The number of hydrogen-bond acceptors (Lipinski definition) is 3. The van der Waals surface area contributed by atoms with Crippen LogP contribution in [0.25, 0.3) is 0 Å². The Hall–Kier alpha value is -0.970. The molecule has 0 aromatic heterocycles. The predicted molar refractivity (Wildman–Crippen MR) is 92.2 cm³/mol. The fourth-order valence-corrected chi connectivity index (χ4v) is 3.73. The number of rotatable bonds is 4. The lowest BCUT2D eigenvalue weighted by atomic mass is 10.1. The smallest absolute Gasteiger partial charge is 0.0557 e. The maximum absolute atomic E-state index is 5.92. The van der Waals surface area contributed by atoms with E-state index in [2.05, 4.69) is 60.1 Å². The van der Waals surface area contributed by atoms with Crippen LogP contribution in [0.3, 0.4) is 0 Å². The SMILES string of the molecule is Cc1cc(Br)ccc1SCc1c(C)cccc1N(C)N. The molecule has 0 amide bonds. The molecule has 106 valence electrons. The molecule has 0 saturated heterocycles. The Bertz CT molecular complexity index is 611. The van der Waals surface area contributed by atoms with Crippen molar-refractivity contribution in [2.75, 3.05) is 12.1 Å². The van der Waals surface area contributed by atoms with Gasteiger partial charge in [0.2, 0.25) is 0 Å². The monoisotopic (exact) mass is 350 g/mol. The zero-order valence-corrected chi connectivity index (χ0v) is 14.4. The summed E-state index contributed by atoms with van der Waals surface area (Å²) in [7, 11) is 1.88. The lowest BCUT2D eigenvalue weighted by molar-refractivity contribution is 1.00. The highest BCUT2D eigenvalue weighted by molar-refractivity contribution is 9.10. The number of thioether (sulfide) groups is 1. The van der Waals surface area contributed by atoms with E-state index in [9.17, 15) is 0 Å². The van der Waals surface area contributed by atoms with Crippen LogP contribution >= 0.6 is 27.7 Å². The van der Waals surface area contributed by atoms with Gasteiger partial charge in [0.25, 0.3) is 0 Å². The molecule has 2 N–H and O–H groups in total. The molecule has 0 aliphatic heterocycles. The van der Waals surface area contributed by atoms with Crippen LogP contribution in [0.4, 0.5) is 5.69 Å². The number of nitrogens with zero attached hydrogens (tertiary/aromatic N) is 1.